The van der Waals surface area contributed by atoms with Gasteiger partial charge in [-0.2, -0.15) is 13.2 Å². The number of hydrogen-bond donors (Lipinski definition) is 0. The third-order valence-corrected chi connectivity index (χ3v) is 2.69. The molecule has 0 radical (unpaired) electrons. The lowest BCUT2D eigenvalue weighted by atomic mass is 10.2. The molecule has 0 amide bonds. The SMILES string of the molecule is FC(F)(F)c1ccccc1OCc1cscn1. The van der Waals surface area contributed by atoms with E-state index in [-0.39, 0.29) is 12.4 Å². The summed E-state index contributed by atoms with van der Waals surface area (Å²) in [5, 5.41) is 1.73. The van der Waals surface area contributed by atoms with E-state index >= 15 is 0 Å². The van der Waals surface area contributed by atoms with Crippen LogP contribution >= 0.6 is 11.3 Å². The summed E-state index contributed by atoms with van der Waals surface area (Å²) in [6.07, 6.45) is -4.40. The van der Waals surface area contributed by atoms with E-state index in [2.05, 4.69) is 4.98 Å². The Morgan fingerprint density at radius 2 is 2.00 bits per heavy atom. The Morgan fingerprint density at radius 1 is 1.24 bits per heavy atom. The Bertz CT molecular complexity index is 482. The molecule has 0 unspecified atom stereocenters. The zero-order valence-corrected chi connectivity index (χ0v) is 9.39. The van der Waals surface area contributed by atoms with E-state index in [4.69, 9.17) is 4.74 Å². The van der Waals surface area contributed by atoms with Crippen LogP contribution in [0, 0.1) is 0 Å². The van der Waals surface area contributed by atoms with Gasteiger partial charge in [0, 0.05) is 5.38 Å². The first kappa shape index (κ1) is 11.9. The number of benzene rings is 1. The van der Waals surface area contributed by atoms with E-state index in [1.165, 1.54) is 29.5 Å². The molecular weight excluding hydrogens is 251 g/mol. The molecule has 0 aliphatic rings. The third kappa shape index (κ3) is 2.97. The van der Waals surface area contributed by atoms with Gasteiger partial charge in [-0.05, 0) is 12.1 Å². The Balaban J connectivity index is 2.16. The van der Waals surface area contributed by atoms with E-state index in [1.54, 1.807) is 10.9 Å². The van der Waals surface area contributed by atoms with Crippen LogP contribution in [-0.2, 0) is 12.8 Å². The van der Waals surface area contributed by atoms with E-state index in [0.717, 1.165) is 6.07 Å². The summed E-state index contributed by atoms with van der Waals surface area (Å²) in [7, 11) is 0. The van der Waals surface area contributed by atoms with Crippen molar-refractivity contribution in [3.63, 3.8) is 0 Å². The maximum atomic E-state index is 12.6. The molecule has 0 saturated carbocycles. The quantitative estimate of drug-likeness (QED) is 0.837. The number of rotatable bonds is 3. The van der Waals surface area contributed by atoms with Crippen molar-refractivity contribution in [1.82, 2.24) is 4.98 Å². The van der Waals surface area contributed by atoms with Gasteiger partial charge >= 0.3 is 6.18 Å². The molecule has 0 aliphatic heterocycles. The molecular formula is C11H8F3NOS. The van der Waals surface area contributed by atoms with Crippen LogP contribution in [0.4, 0.5) is 13.2 Å². The van der Waals surface area contributed by atoms with Crippen LogP contribution in [0.1, 0.15) is 11.3 Å². The average Bonchev–Trinajstić information content (AvgIpc) is 2.78. The van der Waals surface area contributed by atoms with Gasteiger partial charge in [0.2, 0.25) is 0 Å². The number of ether oxygens (including phenoxy) is 1. The smallest absolute Gasteiger partial charge is 0.419 e. The Morgan fingerprint density at radius 3 is 2.65 bits per heavy atom. The molecule has 90 valence electrons. The zero-order valence-electron chi connectivity index (χ0n) is 8.57. The summed E-state index contributed by atoms with van der Waals surface area (Å²) in [5.74, 6) is -0.173. The molecule has 0 atom stereocenters. The lowest BCUT2D eigenvalue weighted by Crippen LogP contribution is -2.08. The fourth-order valence-electron chi connectivity index (χ4n) is 1.29. The minimum atomic E-state index is -4.40. The minimum absolute atomic E-state index is 0.0383. The molecule has 1 heterocycles. The summed E-state index contributed by atoms with van der Waals surface area (Å²) >= 11 is 1.37. The number of thiazole rings is 1. The molecule has 0 fully saturated rings. The van der Waals surface area contributed by atoms with Crippen molar-refractivity contribution in [1.29, 1.82) is 0 Å². The molecule has 0 N–H and O–H groups in total. The minimum Gasteiger partial charge on any atom is -0.487 e. The van der Waals surface area contributed by atoms with Gasteiger partial charge in [0.25, 0.3) is 0 Å². The first-order valence-electron chi connectivity index (χ1n) is 4.73. The van der Waals surface area contributed by atoms with Crippen molar-refractivity contribution in [2.75, 3.05) is 0 Å². The molecule has 2 aromatic rings. The molecule has 0 aliphatic carbocycles. The monoisotopic (exact) mass is 259 g/mol. The molecule has 6 heteroatoms. The maximum Gasteiger partial charge on any atom is 0.419 e. The van der Waals surface area contributed by atoms with Crippen LogP contribution < -0.4 is 4.74 Å². The molecule has 0 bridgehead atoms. The van der Waals surface area contributed by atoms with Gasteiger partial charge in [0.15, 0.2) is 0 Å². The van der Waals surface area contributed by atoms with Crippen molar-refractivity contribution in [2.24, 2.45) is 0 Å². The van der Waals surface area contributed by atoms with E-state index < -0.39 is 11.7 Å². The van der Waals surface area contributed by atoms with Crippen LogP contribution in [0.2, 0.25) is 0 Å². The first-order valence-corrected chi connectivity index (χ1v) is 5.68. The van der Waals surface area contributed by atoms with Crippen molar-refractivity contribution in [2.45, 2.75) is 12.8 Å². The number of halogens is 3. The summed E-state index contributed by atoms with van der Waals surface area (Å²) in [4.78, 5) is 3.94. The summed E-state index contributed by atoms with van der Waals surface area (Å²) in [6.45, 7) is 0.0383. The van der Waals surface area contributed by atoms with Gasteiger partial charge in [0.05, 0.1) is 16.8 Å². The van der Waals surface area contributed by atoms with E-state index in [0.29, 0.717) is 5.69 Å². The molecule has 17 heavy (non-hydrogen) atoms. The van der Waals surface area contributed by atoms with Crippen molar-refractivity contribution >= 4 is 11.3 Å². The lowest BCUT2D eigenvalue weighted by molar-refractivity contribution is -0.139. The highest BCUT2D eigenvalue weighted by molar-refractivity contribution is 7.07. The Kier molecular flexibility index (Phi) is 3.33. The second kappa shape index (κ2) is 4.75. The molecule has 2 rings (SSSR count). The molecule has 2 nitrogen and oxygen atoms in total. The van der Waals surface area contributed by atoms with Crippen LogP contribution in [0.5, 0.6) is 5.75 Å². The highest BCUT2D eigenvalue weighted by Gasteiger charge is 2.33. The van der Waals surface area contributed by atoms with Gasteiger partial charge in [-0.1, -0.05) is 12.1 Å². The first-order chi connectivity index (χ1) is 8.07. The van der Waals surface area contributed by atoms with Crippen LogP contribution in [0.25, 0.3) is 0 Å². The maximum absolute atomic E-state index is 12.6. The highest BCUT2D eigenvalue weighted by atomic mass is 32.1. The van der Waals surface area contributed by atoms with Crippen LogP contribution in [0.3, 0.4) is 0 Å². The third-order valence-electron chi connectivity index (χ3n) is 2.05. The number of alkyl halides is 3. The van der Waals surface area contributed by atoms with Crippen molar-refractivity contribution in [3.8, 4) is 5.75 Å². The predicted octanol–water partition coefficient (Wildman–Crippen LogP) is 3.74. The number of hydrogen-bond acceptors (Lipinski definition) is 3. The Labute approximate surface area is 99.7 Å². The molecule has 1 aromatic carbocycles. The lowest BCUT2D eigenvalue weighted by Gasteiger charge is -2.12. The topological polar surface area (TPSA) is 22.1 Å². The van der Waals surface area contributed by atoms with Gasteiger partial charge in [-0.3, -0.25) is 0 Å². The number of para-hydroxylation sites is 1. The number of nitrogens with zero attached hydrogens (tertiary/aromatic N) is 1. The van der Waals surface area contributed by atoms with E-state index in [9.17, 15) is 13.2 Å². The summed E-state index contributed by atoms with van der Waals surface area (Å²) in [5.41, 5.74) is 1.45. The largest absolute Gasteiger partial charge is 0.487 e. The van der Waals surface area contributed by atoms with Crippen molar-refractivity contribution < 1.29 is 17.9 Å². The summed E-state index contributed by atoms with van der Waals surface area (Å²) < 4.78 is 43.0. The standard InChI is InChI=1S/C11H8F3NOS/c12-11(13,14)9-3-1-2-4-10(9)16-5-8-6-17-7-15-8/h1-4,6-7H,5H2. The second-order valence-electron chi connectivity index (χ2n) is 3.26. The van der Waals surface area contributed by atoms with Crippen LogP contribution in [-0.4, -0.2) is 4.98 Å². The molecule has 0 saturated heterocycles. The zero-order chi connectivity index (χ0) is 12.3. The molecule has 1 aromatic heterocycles. The fraction of sp³-hybridized carbons (Fsp3) is 0.182. The normalized spacial score (nSPS) is 11.5. The second-order valence-corrected chi connectivity index (χ2v) is 3.98. The van der Waals surface area contributed by atoms with Crippen LogP contribution in [0.15, 0.2) is 35.2 Å². The average molecular weight is 259 g/mol. The van der Waals surface area contributed by atoms with Gasteiger partial charge in [-0.15, -0.1) is 11.3 Å². The fourth-order valence-corrected chi connectivity index (χ4v) is 1.83. The van der Waals surface area contributed by atoms with Crippen molar-refractivity contribution in [3.05, 3.63) is 46.4 Å². The molecule has 0 spiro atoms. The van der Waals surface area contributed by atoms with E-state index in [1.807, 2.05) is 0 Å². The van der Waals surface area contributed by atoms with Gasteiger partial charge < -0.3 is 4.74 Å². The summed E-state index contributed by atoms with van der Waals surface area (Å²) in [6, 6.07) is 5.13. The highest BCUT2D eigenvalue weighted by Crippen LogP contribution is 2.36. The predicted molar refractivity (Wildman–Crippen MR) is 57.9 cm³/mol. The Hall–Kier alpha value is -1.56. The number of aromatic nitrogens is 1. The van der Waals surface area contributed by atoms with Gasteiger partial charge in [0.1, 0.15) is 12.4 Å². The van der Waals surface area contributed by atoms with Gasteiger partial charge in [-0.25, -0.2) is 4.98 Å².